The second-order valence-corrected chi connectivity index (χ2v) is 4.78. The van der Waals surface area contributed by atoms with Crippen LogP contribution in [0.1, 0.15) is 16.7 Å². The lowest BCUT2D eigenvalue weighted by molar-refractivity contribution is -0.137. The minimum atomic E-state index is -4.39. The molecule has 1 heterocycles. The second-order valence-electron chi connectivity index (χ2n) is 4.78. The van der Waals surface area contributed by atoms with Crippen LogP contribution in [0.15, 0.2) is 42.5 Å². The number of halogens is 4. The van der Waals surface area contributed by atoms with Crippen molar-refractivity contribution in [3.63, 3.8) is 0 Å². The van der Waals surface area contributed by atoms with Gasteiger partial charge in [-0.2, -0.15) is 13.2 Å². The zero-order chi connectivity index (χ0) is 15.2. The third-order valence-electron chi connectivity index (χ3n) is 3.43. The van der Waals surface area contributed by atoms with Crippen molar-refractivity contribution in [2.45, 2.75) is 12.7 Å². The van der Waals surface area contributed by atoms with Gasteiger partial charge in [0.1, 0.15) is 11.7 Å². The number of benzene rings is 2. The molecule has 21 heavy (non-hydrogen) atoms. The number of hydrogen-bond acceptors (Lipinski definition) is 1. The molecule has 1 aliphatic rings. The molecule has 0 aliphatic carbocycles. The highest BCUT2D eigenvalue weighted by Crippen LogP contribution is 2.33. The van der Waals surface area contributed by atoms with Gasteiger partial charge in [-0.15, -0.1) is 0 Å². The van der Waals surface area contributed by atoms with Crippen LogP contribution >= 0.6 is 0 Å². The van der Waals surface area contributed by atoms with E-state index in [0.717, 1.165) is 17.7 Å². The van der Waals surface area contributed by atoms with E-state index in [9.17, 15) is 17.6 Å². The number of nitrogens with one attached hydrogen (secondary N) is 1. The molecule has 0 unspecified atom stereocenters. The summed E-state index contributed by atoms with van der Waals surface area (Å²) in [5, 5.41) is 8.04. The fraction of sp³-hybridized carbons (Fsp3) is 0.133. The van der Waals surface area contributed by atoms with E-state index >= 15 is 0 Å². The minimum Gasteiger partial charge on any atom is -0.322 e. The summed E-state index contributed by atoms with van der Waals surface area (Å²) in [6.45, 7) is 0.347. The molecule has 0 atom stereocenters. The number of nitrogens with zero attached hydrogens (tertiary/aromatic N) is 1. The number of rotatable bonds is 1. The Balaban J connectivity index is 1.91. The molecule has 2 aromatic carbocycles. The Kier molecular flexibility index (Phi) is 2.97. The van der Waals surface area contributed by atoms with Crippen LogP contribution in [0.3, 0.4) is 0 Å². The maximum absolute atomic E-state index is 13.2. The number of anilines is 1. The van der Waals surface area contributed by atoms with Crippen molar-refractivity contribution >= 4 is 11.5 Å². The summed E-state index contributed by atoms with van der Waals surface area (Å²) >= 11 is 0. The van der Waals surface area contributed by atoms with Gasteiger partial charge in [0, 0.05) is 11.3 Å². The number of fused-ring (bicyclic) bond motifs is 1. The van der Waals surface area contributed by atoms with Gasteiger partial charge in [-0.05, 0) is 42.0 Å². The van der Waals surface area contributed by atoms with Crippen molar-refractivity contribution in [3.8, 4) is 0 Å². The third kappa shape index (κ3) is 2.37. The van der Waals surface area contributed by atoms with Gasteiger partial charge in [-0.1, -0.05) is 6.07 Å². The van der Waals surface area contributed by atoms with E-state index in [0.29, 0.717) is 17.8 Å². The van der Waals surface area contributed by atoms with Crippen LogP contribution in [0.4, 0.5) is 23.2 Å². The maximum Gasteiger partial charge on any atom is 0.416 e. The lowest BCUT2D eigenvalue weighted by Gasteiger charge is -2.18. The second kappa shape index (κ2) is 4.58. The highest BCUT2D eigenvalue weighted by Gasteiger charge is 2.31. The van der Waals surface area contributed by atoms with E-state index in [4.69, 9.17) is 5.41 Å². The van der Waals surface area contributed by atoms with Crippen molar-refractivity contribution in [3.05, 3.63) is 65.0 Å². The Morgan fingerprint density at radius 3 is 2.29 bits per heavy atom. The van der Waals surface area contributed by atoms with Gasteiger partial charge in [0.2, 0.25) is 0 Å². The predicted octanol–water partition coefficient (Wildman–Crippen LogP) is 4.19. The predicted molar refractivity (Wildman–Crippen MR) is 70.9 cm³/mol. The molecule has 2 nitrogen and oxygen atoms in total. The summed E-state index contributed by atoms with van der Waals surface area (Å²) in [6, 6.07) is 8.75. The monoisotopic (exact) mass is 294 g/mol. The first kappa shape index (κ1) is 13.6. The first-order valence-electron chi connectivity index (χ1n) is 6.18. The van der Waals surface area contributed by atoms with Gasteiger partial charge in [-0.3, -0.25) is 5.41 Å². The topological polar surface area (TPSA) is 27.1 Å². The Morgan fingerprint density at radius 1 is 1.00 bits per heavy atom. The summed E-state index contributed by atoms with van der Waals surface area (Å²) in [6.07, 6.45) is -4.39. The van der Waals surface area contributed by atoms with Gasteiger partial charge in [-0.25, -0.2) is 4.39 Å². The summed E-state index contributed by atoms with van der Waals surface area (Å²) in [5.74, 6) is -0.350. The molecule has 0 aromatic heterocycles. The smallest absolute Gasteiger partial charge is 0.322 e. The SMILES string of the molecule is N=C1c2cc(F)ccc2CN1c1ccc(C(F)(F)F)cc1. The van der Waals surface area contributed by atoms with Crippen molar-refractivity contribution < 1.29 is 17.6 Å². The molecule has 108 valence electrons. The van der Waals surface area contributed by atoms with Gasteiger partial charge >= 0.3 is 6.18 Å². The average molecular weight is 294 g/mol. The van der Waals surface area contributed by atoms with E-state index in [2.05, 4.69) is 0 Å². The molecular formula is C15H10F4N2. The van der Waals surface area contributed by atoms with Gasteiger partial charge in [0.05, 0.1) is 12.1 Å². The largest absolute Gasteiger partial charge is 0.416 e. The normalized spacial score (nSPS) is 14.5. The molecule has 0 fully saturated rings. The molecule has 0 saturated heterocycles. The Labute approximate surface area is 118 Å². The molecule has 0 saturated carbocycles. The summed E-state index contributed by atoms with van der Waals surface area (Å²) in [7, 11) is 0. The summed E-state index contributed by atoms with van der Waals surface area (Å²) < 4.78 is 50.8. The summed E-state index contributed by atoms with van der Waals surface area (Å²) in [4.78, 5) is 1.55. The molecule has 0 bridgehead atoms. The molecule has 0 amide bonds. The Bertz CT molecular complexity index is 705. The van der Waals surface area contributed by atoms with E-state index in [-0.39, 0.29) is 5.84 Å². The van der Waals surface area contributed by atoms with Crippen molar-refractivity contribution in [1.82, 2.24) is 0 Å². The van der Waals surface area contributed by atoms with Gasteiger partial charge in [0.15, 0.2) is 0 Å². The molecule has 1 aliphatic heterocycles. The van der Waals surface area contributed by atoms with Crippen LogP contribution in [-0.4, -0.2) is 5.84 Å². The number of amidine groups is 1. The van der Waals surface area contributed by atoms with E-state index in [1.54, 1.807) is 11.0 Å². The minimum absolute atomic E-state index is 0.0873. The third-order valence-corrected chi connectivity index (χ3v) is 3.43. The van der Waals surface area contributed by atoms with Crippen molar-refractivity contribution in [2.24, 2.45) is 0 Å². The zero-order valence-electron chi connectivity index (χ0n) is 10.7. The molecular weight excluding hydrogens is 284 g/mol. The number of hydrogen-bond donors (Lipinski definition) is 1. The Morgan fingerprint density at radius 2 is 1.67 bits per heavy atom. The van der Waals surface area contributed by atoms with E-state index in [1.807, 2.05) is 0 Å². The molecule has 6 heteroatoms. The van der Waals surface area contributed by atoms with Crippen LogP contribution in [0.5, 0.6) is 0 Å². The van der Waals surface area contributed by atoms with E-state index < -0.39 is 17.6 Å². The highest BCUT2D eigenvalue weighted by molar-refractivity contribution is 6.11. The zero-order valence-corrected chi connectivity index (χ0v) is 10.7. The van der Waals surface area contributed by atoms with Crippen molar-refractivity contribution in [2.75, 3.05) is 4.90 Å². The van der Waals surface area contributed by atoms with Crippen LogP contribution in [0, 0.1) is 11.2 Å². The van der Waals surface area contributed by atoms with Gasteiger partial charge in [0.25, 0.3) is 0 Å². The standard InChI is InChI=1S/C15H10F4N2/c16-11-4-1-9-8-21(14(20)13(9)7-11)12-5-2-10(3-6-12)15(17,18)19/h1-7,20H,8H2. The fourth-order valence-electron chi connectivity index (χ4n) is 2.35. The van der Waals surface area contributed by atoms with Crippen LogP contribution in [0.25, 0.3) is 0 Å². The Hall–Kier alpha value is -2.37. The van der Waals surface area contributed by atoms with Crippen LogP contribution < -0.4 is 4.90 Å². The highest BCUT2D eigenvalue weighted by atomic mass is 19.4. The molecule has 3 rings (SSSR count). The van der Waals surface area contributed by atoms with Crippen LogP contribution in [0.2, 0.25) is 0 Å². The maximum atomic E-state index is 13.2. The van der Waals surface area contributed by atoms with E-state index in [1.165, 1.54) is 24.3 Å². The molecule has 2 aromatic rings. The first-order valence-corrected chi connectivity index (χ1v) is 6.18. The fourth-order valence-corrected chi connectivity index (χ4v) is 2.35. The first-order chi connectivity index (χ1) is 9.86. The number of alkyl halides is 3. The molecule has 0 spiro atoms. The summed E-state index contributed by atoms with van der Waals surface area (Å²) in [5.41, 5.74) is 0.987. The molecule has 0 radical (unpaired) electrons. The lowest BCUT2D eigenvalue weighted by Crippen LogP contribution is -2.23. The quantitative estimate of drug-likeness (QED) is 0.784. The van der Waals surface area contributed by atoms with Crippen molar-refractivity contribution in [1.29, 1.82) is 5.41 Å². The molecule has 1 N–H and O–H groups in total. The lowest BCUT2D eigenvalue weighted by atomic mass is 10.1. The van der Waals surface area contributed by atoms with Gasteiger partial charge < -0.3 is 4.90 Å². The van der Waals surface area contributed by atoms with Crippen LogP contribution in [-0.2, 0) is 12.7 Å². The average Bonchev–Trinajstić information content (AvgIpc) is 2.75.